The molecule has 2 heterocycles. The molecule has 0 aromatic carbocycles. The van der Waals surface area contributed by atoms with Crippen LogP contribution >= 0.6 is 11.3 Å². The second-order valence-corrected chi connectivity index (χ2v) is 6.94. The highest BCUT2D eigenvalue weighted by atomic mass is 32.1. The van der Waals surface area contributed by atoms with E-state index in [1.165, 1.54) is 6.20 Å². The number of unbranched alkanes of at least 4 members (excludes halogenated alkanes) is 1. The number of nitrogens with zero attached hydrogens (tertiary/aromatic N) is 2. The number of hydrogen-bond donors (Lipinski definition) is 3. The lowest BCUT2D eigenvalue weighted by Crippen LogP contribution is -2.28. The molecule has 2 aromatic rings. The lowest BCUT2D eigenvalue weighted by atomic mass is 10.3. The van der Waals surface area contributed by atoms with E-state index in [1.807, 2.05) is 13.8 Å². The van der Waals surface area contributed by atoms with Gasteiger partial charge >= 0.3 is 12.0 Å². The number of rotatable bonds is 9. The smallest absolute Gasteiger partial charge is 0.350 e. The van der Waals surface area contributed by atoms with Gasteiger partial charge in [0.05, 0.1) is 6.61 Å². The van der Waals surface area contributed by atoms with Gasteiger partial charge in [-0.3, -0.25) is 10.1 Å². The summed E-state index contributed by atoms with van der Waals surface area (Å²) in [7, 11) is 0. The number of anilines is 1. The molecule has 0 bridgehead atoms. The molecule has 0 unspecified atom stereocenters. The average Bonchev–Trinajstić information content (AvgIpc) is 3.15. The number of carbonyl (C=O) groups excluding carboxylic acids is 3. The summed E-state index contributed by atoms with van der Waals surface area (Å²) in [5.41, 5.74) is 0.665. The van der Waals surface area contributed by atoms with Crippen molar-refractivity contribution in [1.82, 2.24) is 20.6 Å². The third kappa shape index (κ3) is 6.24. The minimum absolute atomic E-state index is 0.0454. The Kier molecular flexibility index (Phi) is 8.53. The van der Waals surface area contributed by atoms with Crippen molar-refractivity contribution in [3.8, 4) is 10.6 Å². The second-order valence-electron chi connectivity index (χ2n) is 5.94. The maximum atomic E-state index is 12.5. The molecule has 0 spiro atoms. The molecule has 0 radical (unpaired) electrons. The minimum Gasteiger partial charge on any atom is -0.462 e. The van der Waals surface area contributed by atoms with Gasteiger partial charge in [0.1, 0.15) is 15.7 Å². The molecule has 10 heteroatoms. The zero-order valence-electron chi connectivity index (χ0n) is 16.7. The first-order valence-electron chi connectivity index (χ1n) is 9.47. The summed E-state index contributed by atoms with van der Waals surface area (Å²) in [4.78, 5) is 45.0. The fourth-order valence-corrected chi connectivity index (χ4v) is 3.26. The first kappa shape index (κ1) is 22.3. The summed E-state index contributed by atoms with van der Waals surface area (Å²) in [6, 6.07) is 2.98. The van der Waals surface area contributed by atoms with Crippen LogP contribution in [-0.4, -0.2) is 47.6 Å². The predicted molar refractivity (Wildman–Crippen MR) is 111 cm³/mol. The zero-order chi connectivity index (χ0) is 21.2. The number of ether oxygens (including phenoxy) is 1. The van der Waals surface area contributed by atoms with E-state index in [-0.39, 0.29) is 23.2 Å². The SMILES string of the molecule is CCCCNC(=O)c1nc(-c2ccc(NC(=O)NCC)nc2)sc1C(=O)OCC. The molecule has 9 nitrogen and oxygen atoms in total. The number of amides is 3. The van der Waals surface area contributed by atoms with Crippen molar-refractivity contribution in [2.75, 3.05) is 25.0 Å². The van der Waals surface area contributed by atoms with Crippen molar-refractivity contribution >= 4 is 35.1 Å². The zero-order valence-corrected chi connectivity index (χ0v) is 17.5. The number of aromatic nitrogens is 2. The van der Waals surface area contributed by atoms with Crippen LogP contribution in [0.1, 0.15) is 53.8 Å². The Morgan fingerprint density at radius 1 is 1.14 bits per heavy atom. The van der Waals surface area contributed by atoms with Gasteiger partial charge in [-0.1, -0.05) is 13.3 Å². The molecule has 0 aliphatic carbocycles. The Morgan fingerprint density at radius 3 is 2.55 bits per heavy atom. The lowest BCUT2D eigenvalue weighted by Gasteiger charge is -2.05. The van der Waals surface area contributed by atoms with Gasteiger partial charge in [-0.15, -0.1) is 11.3 Å². The van der Waals surface area contributed by atoms with Gasteiger partial charge < -0.3 is 15.4 Å². The van der Waals surface area contributed by atoms with E-state index in [0.29, 0.717) is 29.5 Å². The van der Waals surface area contributed by atoms with Crippen molar-refractivity contribution in [2.45, 2.75) is 33.6 Å². The number of urea groups is 1. The van der Waals surface area contributed by atoms with Gasteiger partial charge in [-0.05, 0) is 32.4 Å². The molecule has 0 atom stereocenters. The summed E-state index contributed by atoms with van der Waals surface area (Å²) < 4.78 is 5.06. The Labute approximate surface area is 173 Å². The maximum Gasteiger partial charge on any atom is 0.350 e. The van der Waals surface area contributed by atoms with Crippen molar-refractivity contribution < 1.29 is 19.1 Å². The second kappa shape index (κ2) is 11.1. The molecule has 0 aliphatic rings. The highest BCUT2D eigenvalue weighted by Crippen LogP contribution is 2.29. The Balaban J connectivity index is 2.25. The number of nitrogens with one attached hydrogen (secondary N) is 3. The van der Waals surface area contributed by atoms with Crippen LogP contribution < -0.4 is 16.0 Å². The maximum absolute atomic E-state index is 12.5. The fraction of sp³-hybridized carbons (Fsp3) is 0.421. The molecule has 0 aliphatic heterocycles. The van der Waals surface area contributed by atoms with Crippen LogP contribution in [0.15, 0.2) is 18.3 Å². The van der Waals surface area contributed by atoms with E-state index < -0.39 is 11.9 Å². The summed E-state index contributed by atoms with van der Waals surface area (Å²) in [5, 5.41) is 8.45. The Bertz CT molecular complexity index is 851. The number of esters is 1. The van der Waals surface area contributed by atoms with Gasteiger partial charge in [-0.2, -0.15) is 0 Å². The molecule has 2 aromatic heterocycles. The normalized spacial score (nSPS) is 10.3. The van der Waals surface area contributed by atoms with Crippen LogP contribution in [0, 0.1) is 0 Å². The molecule has 29 heavy (non-hydrogen) atoms. The monoisotopic (exact) mass is 419 g/mol. The van der Waals surface area contributed by atoms with Crippen LogP contribution in [0.25, 0.3) is 10.6 Å². The number of pyridine rings is 1. The van der Waals surface area contributed by atoms with E-state index in [0.717, 1.165) is 24.2 Å². The van der Waals surface area contributed by atoms with Crippen LogP contribution in [0.2, 0.25) is 0 Å². The molecule has 0 fully saturated rings. The standard InChI is InChI=1S/C19H25N5O4S/c1-4-7-10-21-16(25)14-15(18(26)28-6-3)29-17(24-14)12-8-9-13(22-11-12)23-19(27)20-5-2/h8-9,11H,4-7,10H2,1-3H3,(H,21,25)(H2,20,22,23,27). The van der Waals surface area contributed by atoms with E-state index in [9.17, 15) is 14.4 Å². The highest BCUT2D eigenvalue weighted by Gasteiger charge is 2.25. The van der Waals surface area contributed by atoms with Crippen LogP contribution in [-0.2, 0) is 4.74 Å². The molecule has 0 saturated carbocycles. The van der Waals surface area contributed by atoms with Crippen molar-refractivity contribution in [2.24, 2.45) is 0 Å². The fourth-order valence-electron chi connectivity index (χ4n) is 2.31. The number of thiazole rings is 1. The average molecular weight is 420 g/mol. The summed E-state index contributed by atoms with van der Waals surface area (Å²) in [6.45, 7) is 6.75. The molecule has 2 rings (SSSR count). The van der Waals surface area contributed by atoms with Crippen molar-refractivity contribution in [3.63, 3.8) is 0 Å². The summed E-state index contributed by atoms with van der Waals surface area (Å²) in [5.74, 6) is -0.620. The van der Waals surface area contributed by atoms with Crippen LogP contribution in [0.4, 0.5) is 10.6 Å². The number of carbonyl (C=O) groups is 3. The van der Waals surface area contributed by atoms with Gasteiger partial charge in [0.2, 0.25) is 0 Å². The van der Waals surface area contributed by atoms with Crippen LogP contribution in [0.5, 0.6) is 0 Å². The Hall–Kier alpha value is -3.01. The van der Waals surface area contributed by atoms with Crippen LogP contribution in [0.3, 0.4) is 0 Å². The van der Waals surface area contributed by atoms with E-state index in [2.05, 4.69) is 25.9 Å². The van der Waals surface area contributed by atoms with Gasteiger partial charge in [0, 0.05) is 24.8 Å². The summed E-state index contributed by atoms with van der Waals surface area (Å²) in [6.07, 6.45) is 3.30. The molecular weight excluding hydrogens is 394 g/mol. The predicted octanol–water partition coefficient (Wildman–Crippen LogP) is 3.05. The molecule has 3 N–H and O–H groups in total. The highest BCUT2D eigenvalue weighted by molar-refractivity contribution is 7.17. The summed E-state index contributed by atoms with van der Waals surface area (Å²) >= 11 is 1.07. The van der Waals surface area contributed by atoms with Crippen molar-refractivity contribution in [1.29, 1.82) is 0 Å². The largest absolute Gasteiger partial charge is 0.462 e. The van der Waals surface area contributed by atoms with Gasteiger partial charge in [0.15, 0.2) is 5.69 Å². The van der Waals surface area contributed by atoms with E-state index >= 15 is 0 Å². The molecule has 0 saturated heterocycles. The lowest BCUT2D eigenvalue weighted by molar-refractivity contribution is 0.0528. The minimum atomic E-state index is -0.584. The topological polar surface area (TPSA) is 122 Å². The van der Waals surface area contributed by atoms with E-state index in [4.69, 9.17) is 4.74 Å². The quantitative estimate of drug-likeness (QED) is 0.424. The number of hydrogen-bond acceptors (Lipinski definition) is 7. The first-order valence-corrected chi connectivity index (χ1v) is 10.3. The van der Waals surface area contributed by atoms with Gasteiger partial charge in [-0.25, -0.2) is 19.6 Å². The molecule has 156 valence electrons. The third-order valence-electron chi connectivity index (χ3n) is 3.71. The van der Waals surface area contributed by atoms with Crippen molar-refractivity contribution in [3.05, 3.63) is 28.9 Å². The third-order valence-corrected chi connectivity index (χ3v) is 4.79. The molecule has 3 amide bonds. The van der Waals surface area contributed by atoms with E-state index in [1.54, 1.807) is 19.1 Å². The molecular formula is C19H25N5O4S. The van der Waals surface area contributed by atoms with Gasteiger partial charge in [0.25, 0.3) is 5.91 Å². The first-order chi connectivity index (χ1) is 14.0. The Morgan fingerprint density at radius 2 is 1.93 bits per heavy atom.